The number of amides is 2. The van der Waals surface area contributed by atoms with Gasteiger partial charge in [0.05, 0.1) is 6.10 Å². The summed E-state index contributed by atoms with van der Waals surface area (Å²) >= 11 is 5.99. The molecule has 1 atom stereocenters. The summed E-state index contributed by atoms with van der Waals surface area (Å²) in [7, 11) is 0. The number of hydrogen-bond donors (Lipinski definition) is 3. The lowest BCUT2D eigenvalue weighted by atomic mass is 9.85. The molecule has 23 heavy (non-hydrogen) atoms. The van der Waals surface area contributed by atoms with Gasteiger partial charge < -0.3 is 15.7 Å². The molecule has 1 saturated carbocycles. The molecule has 0 heterocycles. The maximum absolute atomic E-state index is 11.8. The van der Waals surface area contributed by atoms with E-state index in [9.17, 15) is 14.7 Å². The number of carbonyl (C=O) groups is 2. The van der Waals surface area contributed by atoms with Gasteiger partial charge in [-0.15, -0.1) is 0 Å². The minimum Gasteiger partial charge on any atom is -0.391 e. The predicted octanol–water partition coefficient (Wildman–Crippen LogP) is 2.01. The molecule has 0 saturated heterocycles. The fourth-order valence-electron chi connectivity index (χ4n) is 2.86. The first-order chi connectivity index (χ1) is 11.1. The van der Waals surface area contributed by atoms with E-state index in [0.29, 0.717) is 5.02 Å². The second-order valence-corrected chi connectivity index (χ2v) is 6.36. The van der Waals surface area contributed by atoms with Crippen molar-refractivity contribution < 1.29 is 14.7 Å². The molecule has 6 heteroatoms. The first-order valence-corrected chi connectivity index (χ1v) is 8.43. The molecule has 1 aliphatic rings. The molecule has 1 aromatic carbocycles. The number of aliphatic hydroxyl groups is 1. The third-order valence-electron chi connectivity index (χ3n) is 4.27. The van der Waals surface area contributed by atoms with Gasteiger partial charge in [0.15, 0.2) is 0 Å². The van der Waals surface area contributed by atoms with Crippen molar-refractivity contribution in [3.63, 3.8) is 0 Å². The van der Waals surface area contributed by atoms with Crippen molar-refractivity contribution >= 4 is 23.4 Å². The highest BCUT2D eigenvalue weighted by Gasteiger charge is 2.23. The maximum atomic E-state index is 11.8. The number of carbonyl (C=O) groups excluding carboxylic acids is 2. The van der Waals surface area contributed by atoms with E-state index >= 15 is 0 Å². The molecule has 0 aliphatic heterocycles. The molecule has 3 N–H and O–H groups in total. The van der Waals surface area contributed by atoms with Gasteiger partial charge in [0.2, 0.25) is 0 Å². The fourth-order valence-corrected chi connectivity index (χ4v) is 3.06. The molecule has 2 rings (SSSR count). The number of halogens is 1. The van der Waals surface area contributed by atoms with Crippen molar-refractivity contribution in [3.05, 3.63) is 34.9 Å². The number of rotatable bonds is 5. The van der Waals surface area contributed by atoms with Crippen molar-refractivity contribution in [3.8, 4) is 0 Å². The lowest BCUT2D eigenvalue weighted by Crippen LogP contribution is -2.44. The van der Waals surface area contributed by atoms with Crippen LogP contribution in [0.1, 0.15) is 37.7 Å². The Morgan fingerprint density at radius 1 is 1.13 bits per heavy atom. The van der Waals surface area contributed by atoms with Crippen LogP contribution in [0.4, 0.5) is 0 Å². The number of nitrogens with one attached hydrogen (secondary N) is 2. The topological polar surface area (TPSA) is 78.4 Å². The molecule has 2 amide bonds. The van der Waals surface area contributed by atoms with Gasteiger partial charge in [0, 0.05) is 18.1 Å². The quantitative estimate of drug-likeness (QED) is 0.719. The van der Waals surface area contributed by atoms with Crippen LogP contribution in [-0.4, -0.2) is 29.6 Å². The van der Waals surface area contributed by atoms with Crippen molar-refractivity contribution in [1.82, 2.24) is 10.6 Å². The Morgan fingerprint density at radius 2 is 1.78 bits per heavy atom. The van der Waals surface area contributed by atoms with E-state index < -0.39 is 17.9 Å². The van der Waals surface area contributed by atoms with Crippen LogP contribution in [-0.2, 0) is 16.1 Å². The second-order valence-electron chi connectivity index (χ2n) is 5.95. The molecule has 0 aromatic heterocycles. The van der Waals surface area contributed by atoms with Crippen molar-refractivity contribution in [2.24, 2.45) is 5.92 Å². The van der Waals surface area contributed by atoms with Crippen LogP contribution in [0.2, 0.25) is 5.02 Å². The second kappa shape index (κ2) is 8.89. The average molecular weight is 339 g/mol. The SMILES string of the molecule is O=C(NCc1ccccc1Cl)C(=O)NC[C@H](O)C1CCCCC1. The Labute approximate surface area is 141 Å². The number of hydrogen-bond acceptors (Lipinski definition) is 3. The van der Waals surface area contributed by atoms with E-state index in [0.717, 1.165) is 31.2 Å². The van der Waals surface area contributed by atoms with Gasteiger partial charge >= 0.3 is 11.8 Å². The molecule has 0 spiro atoms. The maximum Gasteiger partial charge on any atom is 0.309 e. The fraction of sp³-hybridized carbons (Fsp3) is 0.529. The molecule has 5 nitrogen and oxygen atoms in total. The van der Waals surface area contributed by atoms with Crippen molar-refractivity contribution in [2.75, 3.05) is 6.54 Å². The Bertz CT molecular complexity index is 544. The highest BCUT2D eigenvalue weighted by molar-refractivity contribution is 6.35. The first-order valence-electron chi connectivity index (χ1n) is 8.05. The highest BCUT2D eigenvalue weighted by Crippen LogP contribution is 2.26. The zero-order valence-corrected chi connectivity index (χ0v) is 13.8. The molecule has 1 aliphatic carbocycles. The lowest BCUT2D eigenvalue weighted by Gasteiger charge is -2.26. The average Bonchev–Trinajstić information content (AvgIpc) is 2.59. The molecular formula is C17H23ClN2O3. The molecule has 0 radical (unpaired) electrons. The van der Waals surface area contributed by atoms with E-state index in [1.165, 1.54) is 6.42 Å². The zero-order valence-electron chi connectivity index (χ0n) is 13.1. The summed E-state index contributed by atoms with van der Waals surface area (Å²) in [5.74, 6) is -1.23. The number of aliphatic hydroxyl groups excluding tert-OH is 1. The molecule has 126 valence electrons. The molecule has 1 fully saturated rings. The lowest BCUT2D eigenvalue weighted by molar-refractivity contribution is -0.139. The van der Waals surface area contributed by atoms with E-state index in [1.54, 1.807) is 18.2 Å². The van der Waals surface area contributed by atoms with Crippen LogP contribution in [0.25, 0.3) is 0 Å². The van der Waals surface area contributed by atoms with Crippen LogP contribution >= 0.6 is 11.6 Å². The summed E-state index contributed by atoms with van der Waals surface area (Å²) in [5, 5.41) is 15.6. The largest absolute Gasteiger partial charge is 0.391 e. The summed E-state index contributed by atoms with van der Waals surface area (Å²) < 4.78 is 0. The van der Waals surface area contributed by atoms with E-state index in [1.807, 2.05) is 6.07 Å². The van der Waals surface area contributed by atoms with Gasteiger partial charge in [-0.05, 0) is 30.4 Å². The summed E-state index contributed by atoms with van der Waals surface area (Å²) in [6.45, 7) is 0.306. The Balaban J connectivity index is 1.72. The molecule has 0 unspecified atom stereocenters. The van der Waals surface area contributed by atoms with E-state index in [-0.39, 0.29) is 19.0 Å². The van der Waals surface area contributed by atoms with Crippen LogP contribution in [0, 0.1) is 5.92 Å². The van der Waals surface area contributed by atoms with Gasteiger partial charge in [0.25, 0.3) is 0 Å². The normalized spacial score (nSPS) is 16.6. The zero-order chi connectivity index (χ0) is 16.7. The summed E-state index contributed by atoms with van der Waals surface area (Å²) in [5.41, 5.74) is 0.748. The summed E-state index contributed by atoms with van der Waals surface area (Å²) in [6.07, 6.45) is 4.82. The van der Waals surface area contributed by atoms with Gasteiger partial charge in [-0.25, -0.2) is 0 Å². The molecule has 1 aromatic rings. The summed E-state index contributed by atoms with van der Waals surface area (Å²) in [4.78, 5) is 23.5. The predicted molar refractivity (Wildman–Crippen MR) is 88.9 cm³/mol. The third-order valence-corrected chi connectivity index (χ3v) is 4.64. The van der Waals surface area contributed by atoms with Crippen molar-refractivity contribution in [2.45, 2.75) is 44.8 Å². The molecule has 0 bridgehead atoms. The first kappa shape index (κ1) is 17.8. The Kier molecular flexibility index (Phi) is 6.86. The standard InChI is InChI=1S/C17H23ClN2O3/c18-14-9-5-4-8-13(14)10-19-16(22)17(23)20-11-15(21)12-6-2-1-3-7-12/h4-5,8-9,12,15,21H,1-3,6-7,10-11H2,(H,19,22)(H,20,23)/t15-/m0/s1. The van der Waals surface area contributed by atoms with Crippen LogP contribution in [0.5, 0.6) is 0 Å². The van der Waals surface area contributed by atoms with Crippen LogP contribution < -0.4 is 10.6 Å². The monoisotopic (exact) mass is 338 g/mol. The smallest absolute Gasteiger partial charge is 0.309 e. The summed E-state index contributed by atoms with van der Waals surface area (Å²) in [6, 6.07) is 7.12. The van der Waals surface area contributed by atoms with Crippen LogP contribution in [0.15, 0.2) is 24.3 Å². The van der Waals surface area contributed by atoms with Gasteiger partial charge in [-0.3, -0.25) is 9.59 Å². The van der Waals surface area contributed by atoms with Crippen LogP contribution in [0.3, 0.4) is 0 Å². The number of benzene rings is 1. The van der Waals surface area contributed by atoms with Gasteiger partial charge in [-0.2, -0.15) is 0 Å². The van der Waals surface area contributed by atoms with Gasteiger partial charge in [-0.1, -0.05) is 49.1 Å². The Morgan fingerprint density at radius 3 is 2.48 bits per heavy atom. The van der Waals surface area contributed by atoms with E-state index in [2.05, 4.69) is 10.6 Å². The van der Waals surface area contributed by atoms with E-state index in [4.69, 9.17) is 11.6 Å². The minimum absolute atomic E-state index is 0.114. The third kappa shape index (κ3) is 5.52. The Hall–Kier alpha value is -1.59. The highest BCUT2D eigenvalue weighted by atomic mass is 35.5. The minimum atomic E-state index is -0.730. The van der Waals surface area contributed by atoms with Crippen molar-refractivity contribution in [1.29, 1.82) is 0 Å². The van der Waals surface area contributed by atoms with Gasteiger partial charge in [0.1, 0.15) is 0 Å². The molecular weight excluding hydrogens is 316 g/mol.